The smallest absolute Gasteiger partial charge is 0.247 e. The van der Waals surface area contributed by atoms with Gasteiger partial charge in [-0.25, -0.2) is 0 Å². The Kier molecular flexibility index (Phi) is 4.32. The van der Waals surface area contributed by atoms with Gasteiger partial charge in [-0.15, -0.1) is 0 Å². The van der Waals surface area contributed by atoms with Crippen LogP contribution in [0.1, 0.15) is 58.1 Å². The van der Waals surface area contributed by atoms with Crippen molar-refractivity contribution in [2.24, 2.45) is 29.1 Å². The van der Waals surface area contributed by atoms with Crippen LogP contribution in [0.4, 0.5) is 5.69 Å². The normalized spacial score (nSPS) is 33.3. The molecule has 0 aliphatic heterocycles. The molecule has 3 N–H and O–H groups in total. The van der Waals surface area contributed by atoms with E-state index in [1.807, 2.05) is 20.8 Å². The highest BCUT2D eigenvalue weighted by Crippen LogP contribution is 2.60. The van der Waals surface area contributed by atoms with E-state index in [0.717, 1.165) is 25.0 Å². The average molecular weight is 358 g/mol. The van der Waals surface area contributed by atoms with Crippen molar-refractivity contribution in [1.82, 2.24) is 15.5 Å². The number of anilines is 1. The Bertz CT molecular complexity index is 673. The lowest BCUT2D eigenvalue weighted by molar-refractivity contribution is -0.148. The summed E-state index contributed by atoms with van der Waals surface area (Å²) in [5.74, 6) is 2.11. The zero-order chi connectivity index (χ0) is 18.5. The molecule has 26 heavy (non-hydrogen) atoms. The first-order valence-electron chi connectivity index (χ1n) is 9.98. The molecule has 0 spiro atoms. The van der Waals surface area contributed by atoms with Crippen molar-refractivity contribution in [2.75, 3.05) is 5.32 Å². The number of H-pyrrole nitrogens is 1. The maximum Gasteiger partial charge on any atom is 0.247 e. The number of hydrogen-bond donors (Lipinski definition) is 3. The van der Waals surface area contributed by atoms with Gasteiger partial charge < -0.3 is 10.6 Å². The second kappa shape index (κ2) is 6.39. The molecule has 4 aliphatic carbocycles. The predicted molar refractivity (Wildman–Crippen MR) is 99.3 cm³/mol. The van der Waals surface area contributed by atoms with Gasteiger partial charge in [-0.1, -0.05) is 13.8 Å². The van der Waals surface area contributed by atoms with E-state index in [1.54, 1.807) is 6.20 Å². The highest BCUT2D eigenvalue weighted by atomic mass is 16.2. The van der Waals surface area contributed by atoms with Gasteiger partial charge in [-0.05, 0) is 69.1 Å². The zero-order valence-electron chi connectivity index (χ0n) is 16.0. The molecular weight excluding hydrogens is 328 g/mol. The van der Waals surface area contributed by atoms with Crippen LogP contribution in [0, 0.1) is 36.0 Å². The van der Waals surface area contributed by atoms with Crippen molar-refractivity contribution in [3.63, 3.8) is 0 Å². The van der Waals surface area contributed by atoms with Gasteiger partial charge in [0, 0.05) is 5.41 Å². The van der Waals surface area contributed by atoms with Crippen LogP contribution in [0.15, 0.2) is 6.20 Å². The Balaban J connectivity index is 1.47. The number of nitrogens with one attached hydrogen (secondary N) is 3. The summed E-state index contributed by atoms with van der Waals surface area (Å²) in [5.41, 5.74) is 1.26. The third-order valence-corrected chi connectivity index (χ3v) is 6.84. The van der Waals surface area contributed by atoms with Gasteiger partial charge in [0.2, 0.25) is 11.8 Å². The Morgan fingerprint density at radius 3 is 2.19 bits per heavy atom. The van der Waals surface area contributed by atoms with E-state index in [-0.39, 0.29) is 23.1 Å². The molecule has 2 amide bonds. The minimum Gasteiger partial charge on any atom is -0.344 e. The monoisotopic (exact) mass is 358 g/mol. The SMILES string of the molecule is Cc1[nH]ncc1NC(=O)C(NC(=O)C12CC3CC(CC(C3)C1)C2)C(C)C. The summed E-state index contributed by atoms with van der Waals surface area (Å²) in [7, 11) is 0. The molecule has 0 aromatic carbocycles. The lowest BCUT2D eigenvalue weighted by Gasteiger charge is -2.55. The molecule has 4 bridgehead atoms. The van der Waals surface area contributed by atoms with Gasteiger partial charge in [0.25, 0.3) is 0 Å². The van der Waals surface area contributed by atoms with Gasteiger partial charge >= 0.3 is 0 Å². The second-order valence-corrected chi connectivity index (χ2v) is 9.29. The first kappa shape index (κ1) is 17.6. The van der Waals surface area contributed by atoms with Crippen molar-refractivity contribution in [1.29, 1.82) is 0 Å². The first-order chi connectivity index (χ1) is 12.4. The van der Waals surface area contributed by atoms with Gasteiger partial charge in [0.05, 0.1) is 17.6 Å². The van der Waals surface area contributed by atoms with Crippen LogP contribution in [0.2, 0.25) is 0 Å². The number of aromatic amines is 1. The number of aryl methyl sites for hydroxylation is 1. The quantitative estimate of drug-likeness (QED) is 0.756. The zero-order valence-corrected chi connectivity index (χ0v) is 16.0. The van der Waals surface area contributed by atoms with Crippen molar-refractivity contribution in [2.45, 2.75) is 65.3 Å². The number of amides is 2. The second-order valence-electron chi connectivity index (χ2n) is 9.29. The summed E-state index contributed by atoms with van der Waals surface area (Å²) in [6.45, 7) is 5.82. The number of carbonyl (C=O) groups is 2. The molecule has 1 aromatic heterocycles. The molecule has 142 valence electrons. The van der Waals surface area contributed by atoms with Crippen LogP contribution in [0.25, 0.3) is 0 Å². The number of rotatable bonds is 5. The van der Waals surface area contributed by atoms with Gasteiger partial charge in [-0.2, -0.15) is 5.10 Å². The van der Waals surface area contributed by atoms with E-state index >= 15 is 0 Å². The van der Waals surface area contributed by atoms with E-state index in [9.17, 15) is 9.59 Å². The van der Waals surface area contributed by atoms with Gasteiger partial charge in [0.15, 0.2) is 0 Å². The van der Waals surface area contributed by atoms with Crippen molar-refractivity contribution in [3.05, 3.63) is 11.9 Å². The van der Waals surface area contributed by atoms with Crippen LogP contribution in [-0.2, 0) is 9.59 Å². The Hall–Kier alpha value is -1.85. The minimum absolute atomic E-state index is 0.0278. The topological polar surface area (TPSA) is 86.9 Å². The van der Waals surface area contributed by atoms with Crippen LogP contribution < -0.4 is 10.6 Å². The number of aromatic nitrogens is 2. The van der Waals surface area contributed by atoms with Crippen LogP contribution >= 0.6 is 0 Å². The molecular formula is C20H30N4O2. The van der Waals surface area contributed by atoms with Crippen molar-refractivity contribution >= 4 is 17.5 Å². The predicted octanol–water partition coefficient (Wildman–Crippen LogP) is 3.01. The summed E-state index contributed by atoms with van der Waals surface area (Å²) in [6, 6.07) is -0.523. The third kappa shape index (κ3) is 3.03. The van der Waals surface area contributed by atoms with E-state index in [0.29, 0.717) is 23.4 Å². The van der Waals surface area contributed by atoms with Crippen LogP contribution in [0.3, 0.4) is 0 Å². The molecule has 1 unspecified atom stereocenters. The standard InChI is InChI=1S/C20H30N4O2/c1-11(2)17(18(25)22-16-10-21-24-12(16)3)23-19(26)20-7-13-4-14(8-20)6-15(5-13)9-20/h10-11,13-15,17H,4-9H2,1-3H3,(H,21,24)(H,22,25)(H,23,26). The largest absolute Gasteiger partial charge is 0.344 e. The maximum absolute atomic E-state index is 13.3. The average Bonchev–Trinajstić information content (AvgIpc) is 2.95. The number of nitrogens with zero attached hydrogens (tertiary/aromatic N) is 1. The molecule has 4 fully saturated rings. The third-order valence-electron chi connectivity index (χ3n) is 6.84. The van der Waals surface area contributed by atoms with E-state index < -0.39 is 6.04 Å². The van der Waals surface area contributed by atoms with E-state index in [4.69, 9.17) is 0 Å². The summed E-state index contributed by atoms with van der Waals surface area (Å²) in [6.07, 6.45) is 8.56. The fourth-order valence-electron chi connectivity index (χ4n) is 5.91. The Morgan fingerprint density at radius 2 is 1.73 bits per heavy atom. The molecule has 1 heterocycles. The highest BCUT2D eigenvalue weighted by Gasteiger charge is 2.55. The summed E-state index contributed by atoms with van der Waals surface area (Å²) in [4.78, 5) is 26.1. The molecule has 1 aromatic rings. The molecule has 0 saturated heterocycles. The minimum atomic E-state index is -0.523. The fourth-order valence-corrected chi connectivity index (χ4v) is 5.91. The van der Waals surface area contributed by atoms with Crippen LogP contribution in [-0.4, -0.2) is 28.1 Å². The van der Waals surface area contributed by atoms with Gasteiger partial charge in [-0.3, -0.25) is 14.7 Å². The van der Waals surface area contributed by atoms with Gasteiger partial charge in [0.1, 0.15) is 6.04 Å². The molecule has 6 heteroatoms. The fraction of sp³-hybridized carbons (Fsp3) is 0.750. The molecule has 5 rings (SSSR count). The van der Waals surface area contributed by atoms with Crippen LogP contribution in [0.5, 0.6) is 0 Å². The lowest BCUT2D eigenvalue weighted by atomic mass is 9.49. The Labute approximate surface area is 154 Å². The van der Waals surface area contributed by atoms with E-state index in [2.05, 4.69) is 20.8 Å². The summed E-state index contributed by atoms with van der Waals surface area (Å²) in [5, 5.41) is 12.8. The Morgan fingerprint density at radius 1 is 1.15 bits per heavy atom. The lowest BCUT2D eigenvalue weighted by Crippen LogP contribution is -2.57. The summed E-state index contributed by atoms with van der Waals surface area (Å²) >= 11 is 0. The molecule has 0 radical (unpaired) electrons. The molecule has 4 aliphatic rings. The van der Waals surface area contributed by atoms with Crippen molar-refractivity contribution in [3.8, 4) is 0 Å². The highest BCUT2D eigenvalue weighted by molar-refractivity contribution is 5.98. The molecule has 4 saturated carbocycles. The molecule has 1 atom stereocenters. The first-order valence-corrected chi connectivity index (χ1v) is 9.98. The summed E-state index contributed by atoms with van der Waals surface area (Å²) < 4.78 is 0. The number of hydrogen-bond acceptors (Lipinski definition) is 3. The maximum atomic E-state index is 13.3. The van der Waals surface area contributed by atoms with Crippen molar-refractivity contribution < 1.29 is 9.59 Å². The van der Waals surface area contributed by atoms with E-state index in [1.165, 1.54) is 19.3 Å². The molecule has 6 nitrogen and oxygen atoms in total. The number of carbonyl (C=O) groups excluding carboxylic acids is 2.